The lowest BCUT2D eigenvalue weighted by Crippen LogP contribution is -2.29. The summed E-state index contributed by atoms with van der Waals surface area (Å²) in [6.07, 6.45) is 0. The third-order valence-corrected chi connectivity index (χ3v) is 3.94. The van der Waals surface area contributed by atoms with Crippen LogP contribution in [0.1, 0.15) is 22.8 Å². The second kappa shape index (κ2) is 9.43. The molecule has 0 atom stereocenters. The van der Waals surface area contributed by atoms with Gasteiger partial charge in [0.05, 0.1) is 10.0 Å². The molecule has 9 heteroatoms. The number of carboxylic acid groups (broad SMARTS) is 1. The highest BCUT2D eigenvalue weighted by Crippen LogP contribution is 2.35. The molecule has 27 heavy (non-hydrogen) atoms. The maximum Gasteiger partial charge on any atom is 0.322 e. The van der Waals surface area contributed by atoms with Crippen molar-refractivity contribution in [3.05, 3.63) is 57.3 Å². The van der Waals surface area contributed by atoms with E-state index in [0.29, 0.717) is 17.8 Å². The van der Waals surface area contributed by atoms with E-state index >= 15 is 0 Å². The van der Waals surface area contributed by atoms with Gasteiger partial charge in [0, 0.05) is 17.8 Å². The molecule has 0 fully saturated rings. The van der Waals surface area contributed by atoms with Crippen molar-refractivity contribution in [2.24, 2.45) is 0 Å². The van der Waals surface area contributed by atoms with Crippen molar-refractivity contribution in [3.8, 4) is 5.75 Å². The van der Waals surface area contributed by atoms with E-state index in [2.05, 4.69) is 10.6 Å². The van der Waals surface area contributed by atoms with Gasteiger partial charge in [-0.15, -0.1) is 0 Å². The molecule has 144 valence electrons. The van der Waals surface area contributed by atoms with Crippen molar-refractivity contribution < 1.29 is 23.8 Å². The fraction of sp³-hybridized carbons (Fsp3) is 0.222. The molecule has 2 aromatic carbocycles. The number of amides is 1. The van der Waals surface area contributed by atoms with E-state index in [9.17, 15) is 14.0 Å². The average molecular weight is 415 g/mol. The van der Waals surface area contributed by atoms with Gasteiger partial charge in [-0.1, -0.05) is 23.2 Å². The summed E-state index contributed by atoms with van der Waals surface area (Å²) in [5.41, 5.74) is 1.29. The van der Waals surface area contributed by atoms with Crippen LogP contribution in [0, 0.1) is 5.82 Å². The van der Waals surface area contributed by atoms with E-state index < -0.39 is 24.2 Å². The summed E-state index contributed by atoms with van der Waals surface area (Å²) in [6.45, 7) is 2.03. The number of aliphatic carboxylic acids is 1. The van der Waals surface area contributed by atoms with Crippen molar-refractivity contribution >= 4 is 40.8 Å². The molecule has 2 rings (SSSR count). The van der Waals surface area contributed by atoms with Crippen LogP contribution in [0.5, 0.6) is 5.75 Å². The third kappa shape index (κ3) is 6.01. The standard InChI is InChI=1S/C18H17Cl2FN2O4/c1-2-22-13-4-10(3-12(21)7-13)9-27-17-14(19)5-11(6-15(17)20)18(26)23-8-16(24)25/h3-7,22H,2,8-9H2,1H3,(H,23,26)(H,24,25). The zero-order valence-corrected chi connectivity index (χ0v) is 15.8. The molecule has 0 aliphatic rings. The Labute approximate surface area is 165 Å². The number of nitrogens with one attached hydrogen (secondary N) is 2. The Morgan fingerprint density at radius 3 is 2.41 bits per heavy atom. The minimum absolute atomic E-state index is 0.0140. The van der Waals surface area contributed by atoms with Gasteiger partial charge in [-0.25, -0.2) is 4.39 Å². The number of carbonyl (C=O) groups is 2. The van der Waals surface area contributed by atoms with Crippen LogP contribution >= 0.6 is 23.2 Å². The number of hydrogen-bond acceptors (Lipinski definition) is 4. The Bertz CT molecular complexity index is 838. The van der Waals surface area contributed by atoms with E-state index in [1.807, 2.05) is 6.92 Å². The maximum absolute atomic E-state index is 13.7. The van der Waals surface area contributed by atoms with Crippen LogP contribution in [0.15, 0.2) is 30.3 Å². The Kier molecular flexibility index (Phi) is 7.27. The van der Waals surface area contributed by atoms with Crippen molar-refractivity contribution in [1.82, 2.24) is 5.32 Å². The first-order valence-corrected chi connectivity index (χ1v) is 8.71. The van der Waals surface area contributed by atoms with E-state index in [1.54, 1.807) is 6.07 Å². The maximum atomic E-state index is 13.7. The summed E-state index contributed by atoms with van der Waals surface area (Å²) in [7, 11) is 0. The van der Waals surface area contributed by atoms with Gasteiger partial charge in [-0.05, 0) is 42.8 Å². The van der Waals surface area contributed by atoms with Gasteiger partial charge < -0.3 is 20.5 Å². The molecule has 0 unspecified atom stereocenters. The molecule has 0 heterocycles. The molecule has 0 aromatic heterocycles. The predicted molar refractivity (Wildman–Crippen MR) is 101 cm³/mol. The summed E-state index contributed by atoms with van der Waals surface area (Å²) in [5.74, 6) is -2.07. The fourth-order valence-corrected chi connectivity index (χ4v) is 2.88. The molecule has 6 nitrogen and oxygen atoms in total. The van der Waals surface area contributed by atoms with E-state index in [4.69, 9.17) is 33.0 Å². The van der Waals surface area contributed by atoms with E-state index in [-0.39, 0.29) is 28.0 Å². The summed E-state index contributed by atoms with van der Waals surface area (Å²) < 4.78 is 19.3. The summed E-state index contributed by atoms with van der Waals surface area (Å²) in [6, 6.07) is 7.07. The number of rotatable bonds is 8. The van der Waals surface area contributed by atoms with Crippen LogP contribution < -0.4 is 15.4 Å². The molecule has 3 N–H and O–H groups in total. The number of benzene rings is 2. The Morgan fingerprint density at radius 1 is 1.15 bits per heavy atom. The van der Waals surface area contributed by atoms with Gasteiger partial charge in [-0.3, -0.25) is 9.59 Å². The highest BCUT2D eigenvalue weighted by molar-refractivity contribution is 6.37. The summed E-state index contributed by atoms with van der Waals surface area (Å²) in [5, 5.41) is 14.0. The van der Waals surface area contributed by atoms with Crippen LogP contribution in [-0.2, 0) is 11.4 Å². The molecule has 0 aliphatic heterocycles. The van der Waals surface area contributed by atoms with Crippen LogP contribution in [0.2, 0.25) is 10.0 Å². The highest BCUT2D eigenvalue weighted by atomic mass is 35.5. The van der Waals surface area contributed by atoms with Gasteiger partial charge >= 0.3 is 5.97 Å². The lowest BCUT2D eigenvalue weighted by atomic mass is 10.2. The second-order valence-corrected chi connectivity index (χ2v) is 6.33. The molecular weight excluding hydrogens is 398 g/mol. The molecule has 0 saturated carbocycles. The van der Waals surface area contributed by atoms with Crippen LogP contribution in [0.4, 0.5) is 10.1 Å². The topological polar surface area (TPSA) is 87.7 Å². The Balaban J connectivity index is 2.13. The third-order valence-electron chi connectivity index (χ3n) is 3.38. The largest absolute Gasteiger partial charge is 0.486 e. The SMILES string of the molecule is CCNc1cc(F)cc(COc2c(Cl)cc(C(=O)NCC(=O)O)cc2Cl)c1. The number of ether oxygens (including phenoxy) is 1. The van der Waals surface area contributed by atoms with Crippen LogP contribution in [0.25, 0.3) is 0 Å². The molecule has 0 saturated heterocycles. The van der Waals surface area contributed by atoms with Gasteiger partial charge in [-0.2, -0.15) is 0 Å². The van der Waals surface area contributed by atoms with E-state index in [1.165, 1.54) is 24.3 Å². The fourth-order valence-electron chi connectivity index (χ4n) is 2.28. The molecule has 0 spiro atoms. The molecule has 2 aromatic rings. The van der Waals surface area contributed by atoms with E-state index in [0.717, 1.165) is 0 Å². The molecule has 0 radical (unpaired) electrons. The molecule has 0 aliphatic carbocycles. The van der Waals surface area contributed by atoms with Crippen LogP contribution in [0.3, 0.4) is 0 Å². The monoisotopic (exact) mass is 414 g/mol. The van der Waals surface area contributed by atoms with Gasteiger partial charge in [0.15, 0.2) is 5.75 Å². The summed E-state index contributed by atoms with van der Waals surface area (Å²) in [4.78, 5) is 22.4. The second-order valence-electron chi connectivity index (χ2n) is 5.51. The zero-order chi connectivity index (χ0) is 20.0. The number of hydrogen-bond donors (Lipinski definition) is 3. The number of carbonyl (C=O) groups excluding carboxylic acids is 1. The first-order valence-electron chi connectivity index (χ1n) is 7.95. The number of halogens is 3. The number of carboxylic acids is 1. The lowest BCUT2D eigenvalue weighted by molar-refractivity contribution is -0.135. The smallest absolute Gasteiger partial charge is 0.322 e. The lowest BCUT2D eigenvalue weighted by Gasteiger charge is -2.13. The molecule has 0 bridgehead atoms. The van der Waals surface area contributed by atoms with Crippen molar-refractivity contribution in [1.29, 1.82) is 0 Å². The minimum atomic E-state index is -1.17. The van der Waals surface area contributed by atoms with Crippen molar-refractivity contribution in [2.45, 2.75) is 13.5 Å². The molecule has 1 amide bonds. The van der Waals surface area contributed by atoms with Crippen molar-refractivity contribution in [3.63, 3.8) is 0 Å². The van der Waals surface area contributed by atoms with Gasteiger partial charge in [0.2, 0.25) is 0 Å². The quantitative estimate of drug-likeness (QED) is 0.608. The minimum Gasteiger partial charge on any atom is -0.486 e. The first-order chi connectivity index (χ1) is 12.8. The molecular formula is C18H17Cl2FN2O4. The average Bonchev–Trinajstić information content (AvgIpc) is 2.58. The normalized spacial score (nSPS) is 10.4. The number of anilines is 1. The van der Waals surface area contributed by atoms with Gasteiger partial charge in [0.25, 0.3) is 5.91 Å². The zero-order valence-electron chi connectivity index (χ0n) is 14.3. The van der Waals surface area contributed by atoms with Crippen molar-refractivity contribution in [2.75, 3.05) is 18.4 Å². The highest BCUT2D eigenvalue weighted by Gasteiger charge is 2.15. The first kappa shape index (κ1) is 20.8. The Morgan fingerprint density at radius 2 is 1.81 bits per heavy atom. The summed E-state index contributed by atoms with van der Waals surface area (Å²) >= 11 is 12.3. The predicted octanol–water partition coefficient (Wildman–Crippen LogP) is 3.96. The van der Waals surface area contributed by atoms with Gasteiger partial charge in [0.1, 0.15) is 19.0 Å². The van der Waals surface area contributed by atoms with Crippen LogP contribution in [-0.4, -0.2) is 30.1 Å². The Hall–Kier alpha value is -2.51.